The fourth-order valence-electron chi connectivity index (χ4n) is 2.41. The van der Waals surface area contributed by atoms with Crippen molar-refractivity contribution in [3.05, 3.63) is 0 Å². The quantitative estimate of drug-likeness (QED) is 0.378. The number of unbranched alkanes of at least 4 members (excludes halogenated alkanes) is 6. The zero-order valence-electron chi connectivity index (χ0n) is 12.9. The highest BCUT2D eigenvalue weighted by Crippen LogP contribution is 2.46. The molecule has 0 radical (unpaired) electrons. The highest BCUT2D eigenvalue weighted by molar-refractivity contribution is 8.33. The summed E-state index contributed by atoms with van der Waals surface area (Å²) in [5.41, 5.74) is 0. The monoisotopic (exact) mass is 260 g/mol. The van der Waals surface area contributed by atoms with Crippen molar-refractivity contribution >= 4 is 10.0 Å². The minimum Gasteiger partial charge on any atom is -0.244 e. The van der Waals surface area contributed by atoms with E-state index < -0.39 is 0 Å². The third-order valence-electron chi connectivity index (χ3n) is 3.72. The summed E-state index contributed by atoms with van der Waals surface area (Å²) in [7, 11) is -0.256. The molecule has 0 N–H and O–H groups in total. The van der Waals surface area contributed by atoms with Crippen LogP contribution in [-0.4, -0.2) is 23.5 Å². The second kappa shape index (κ2) is 11.4. The van der Waals surface area contributed by atoms with E-state index in [0.717, 1.165) is 0 Å². The summed E-state index contributed by atoms with van der Waals surface area (Å²) in [6.45, 7) is 6.96. The van der Waals surface area contributed by atoms with Crippen molar-refractivity contribution < 1.29 is 0 Å². The van der Waals surface area contributed by atoms with Crippen LogP contribution in [0.5, 0.6) is 0 Å². The molecule has 0 atom stereocenters. The Morgan fingerprint density at radius 2 is 0.824 bits per heavy atom. The predicted molar refractivity (Wildman–Crippen MR) is 86.7 cm³/mol. The lowest BCUT2D eigenvalue weighted by molar-refractivity contribution is 0.750. The van der Waals surface area contributed by atoms with E-state index in [1.54, 1.807) is 17.3 Å². The highest BCUT2D eigenvalue weighted by atomic mass is 32.3. The Hall–Kier alpha value is 0.350. The molecular weight excluding hydrogens is 224 g/mol. The third kappa shape index (κ3) is 10.00. The first-order valence-electron chi connectivity index (χ1n) is 7.90. The predicted octanol–water partition coefficient (Wildman–Crippen LogP) is 5.99. The van der Waals surface area contributed by atoms with Crippen LogP contribution in [0.25, 0.3) is 0 Å². The summed E-state index contributed by atoms with van der Waals surface area (Å²) in [6.07, 6.45) is 15.6. The molecule has 0 unspecified atom stereocenters. The van der Waals surface area contributed by atoms with Crippen LogP contribution < -0.4 is 0 Å². The molecular formula is C16H36S. The van der Waals surface area contributed by atoms with E-state index in [0.29, 0.717) is 0 Å². The van der Waals surface area contributed by atoms with Gasteiger partial charge in [0.2, 0.25) is 0 Å². The van der Waals surface area contributed by atoms with Gasteiger partial charge >= 0.3 is 0 Å². The molecule has 0 bridgehead atoms. The molecule has 17 heavy (non-hydrogen) atoms. The topological polar surface area (TPSA) is 0 Å². The lowest BCUT2D eigenvalue weighted by Crippen LogP contribution is -2.12. The minimum atomic E-state index is -0.256. The average Bonchev–Trinajstić information content (AvgIpc) is 2.30. The largest absolute Gasteiger partial charge is 0.244 e. The molecule has 0 rings (SSSR count). The van der Waals surface area contributed by atoms with Gasteiger partial charge in [-0.05, 0) is 42.8 Å². The van der Waals surface area contributed by atoms with E-state index in [4.69, 9.17) is 0 Å². The second-order valence-corrected chi connectivity index (χ2v) is 9.89. The van der Waals surface area contributed by atoms with E-state index in [1.807, 2.05) is 0 Å². The Balaban J connectivity index is 3.95. The molecule has 0 fully saturated rings. The highest BCUT2D eigenvalue weighted by Gasteiger charge is 2.16. The molecule has 1 heteroatoms. The van der Waals surface area contributed by atoms with E-state index in [2.05, 4.69) is 27.0 Å². The van der Waals surface area contributed by atoms with Crippen molar-refractivity contribution in [2.75, 3.05) is 23.5 Å². The maximum atomic E-state index is 2.63. The van der Waals surface area contributed by atoms with Gasteiger partial charge in [-0.3, -0.25) is 0 Å². The number of hydrogen-bond acceptors (Lipinski definition) is 0. The Labute approximate surface area is 112 Å². The van der Waals surface area contributed by atoms with Crippen molar-refractivity contribution in [3.8, 4) is 0 Å². The molecule has 0 heterocycles. The first-order valence-corrected chi connectivity index (χ1v) is 10.4. The zero-order chi connectivity index (χ0) is 13.0. The van der Waals surface area contributed by atoms with Gasteiger partial charge in [0, 0.05) is 0 Å². The first-order chi connectivity index (χ1) is 8.18. The Morgan fingerprint density at radius 1 is 0.529 bits per heavy atom. The smallest absolute Gasteiger partial charge is 0.0230 e. The first kappa shape index (κ1) is 17.4. The molecule has 0 nitrogen and oxygen atoms in total. The lowest BCUT2D eigenvalue weighted by Gasteiger charge is -2.36. The van der Waals surface area contributed by atoms with E-state index in [1.165, 1.54) is 57.8 Å². The molecule has 106 valence electrons. The van der Waals surface area contributed by atoms with Crippen molar-refractivity contribution in [3.63, 3.8) is 0 Å². The number of hydrogen-bond donors (Lipinski definition) is 0. The standard InChI is InChI=1S/C16H36S/c1-5-8-11-14-17(4,15-12-9-6-2)16-13-10-7-3/h5-16H2,1-4H3. The van der Waals surface area contributed by atoms with Crippen molar-refractivity contribution in [1.82, 2.24) is 0 Å². The third-order valence-corrected chi connectivity index (χ3v) is 7.54. The molecule has 0 aromatic carbocycles. The van der Waals surface area contributed by atoms with Gasteiger partial charge in [0.15, 0.2) is 0 Å². The molecule has 0 saturated carbocycles. The van der Waals surface area contributed by atoms with Crippen LogP contribution in [0.3, 0.4) is 0 Å². The summed E-state index contributed by atoms with van der Waals surface area (Å²) >= 11 is 0. The summed E-state index contributed by atoms with van der Waals surface area (Å²) in [4.78, 5) is 0. The lowest BCUT2D eigenvalue weighted by atomic mass is 10.3. The Bertz CT molecular complexity index is 127. The van der Waals surface area contributed by atoms with E-state index in [-0.39, 0.29) is 10.0 Å². The van der Waals surface area contributed by atoms with Crippen LogP contribution in [-0.2, 0) is 0 Å². The Kier molecular flexibility index (Phi) is 11.7. The summed E-state index contributed by atoms with van der Waals surface area (Å²) in [5, 5.41) is 0. The summed E-state index contributed by atoms with van der Waals surface area (Å²) < 4.78 is 0. The van der Waals surface area contributed by atoms with Crippen LogP contribution in [0.2, 0.25) is 0 Å². The van der Waals surface area contributed by atoms with Crippen LogP contribution in [0.4, 0.5) is 0 Å². The SMILES string of the molecule is CCCCCS(C)(CCCCC)CCCCC. The van der Waals surface area contributed by atoms with Gasteiger partial charge < -0.3 is 0 Å². The van der Waals surface area contributed by atoms with Gasteiger partial charge in [-0.2, -0.15) is 0 Å². The molecule has 0 spiro atoms. The van der Waals surface area contributed by atoms with Crippen LogP contribution in [0.1, 0.15) is 78.6 Å². The molecule has 0 aromatic rings. The molecule has 0 aliphatic rings. The van der Waals surface area contributed by atoms with E-state index in [9.17, 15) is 0 Å². The fourth-order valence-corrected chi connectivity index (χ4v) is 5.72. The van der Waals surface area contributed by atoms with Crippen molar-refractivity contribution in [2.45, 2.75) is 78.6 Å². The van der Waals surface area contributed by atoms with Gasteiger partial charge in [0.05, 0.1) is 0 Å². The molecule has 0 amide bonds. The average molecular weight is 261 g/mol. The zero-order valence-corrected chi connectivity index (χ0v) is 13.7. The summed E-state index contributed by atoms with van der Waals surface area (Å²) in [5.74, 6) is 4.65. The maximum absolute atomic E-state index is 2.63. The van der Waals surface area contributed by atoms with Crippen molar-refractivity contribution in [1.29, 1.82) is 0 Å². The molecule has 0 aliphatic heterocycles. The molecule has 0 aliphatic carbocycles. The van der Waals surface area contributed by atoms with Crippen molar-refractivity contribution in [2.24, 2.45) is 0 Å². The second-order valence-electron chi connectivity index (χ2n) is 5.71. The van der Waals surface area contributed by atoms with E-state index >= 15 is 0 Å². The Morgan fingerprint density at radius 3 is 1.06 bits per heavy atom. The minimum absolute atomic E-state index is 0.256. The maximum Gasteiger partial charge on any atom is -0.0230 e. The van der Waals surface area contributed by atoms with Crippen LogP contribution >= 0.6 is 10.0 Å². The normalized spacial score (nSPS) is 12.9. The summed E-state index contributed by atoms with van der Waals surface area (Å²) in [6, 6.07) is 0. The van der Waals surface area contributed by atoms with Gasteiger partial charge in [-0.1, -0.05) is 59.3 Å². The van der Waals surface area contributed by atoms with Gasteiger partial charge in [0.25, 0.3) is 0 Å². The van der Waals surface area contributed by atoms with Crippen LogP contribution in [0.15, 0.2) is 0 Å². The molecule has 0 aromatic heterocycles. The van der Waals surface area contributed by atoms with Gasteiger partial charge in [-0.15, -0.1) is 0 Å². The van der Waals surface area contributed by atoms with Gasteiger partial charge in [-0.25, -0.2) is 10.0 Å². The van der Waals surface area contributed by atoms with Gasteiger partial charge in [0.1, 0.15) is 0 Å². The molecule has 0 saturated heterocycles. The number of rotatable bonds is 12. The van der Waals surface area contributed by atoms with Crippen LogP contribution in [0, 0.1) is 0 Å². The fraction of sp³-hybridized carbons (Fsp3) is 1.00.